The minimum Gasteiger partial charge on any atom is -0.391 e. The van der Waals surface area contributed by atoms with Crippen molar-refractivity contribution in [2.45, 2.75) is 43.7 Å². The number of nitrogens with zero attached hydrogens (tertiary/aromatic N) is 2. The van der Waals surface area contributed by atoms with Crippen molar-refractivity contribution in [1.82, 2.24) is 4.72 Å². The molecule has 1 saturated heterocycles. The van der Waals surface area contributed by atoms with E-state index in [2.05, 4.69) is 4.72 Å². The highest BCUT2D eigenvalue weighted by Crippen LogP contribution is 2.32. The Morgan fingerprint density at radius 1 is 1.43 bits per heavy atom. The number of hydrogen-bond donors (Lipinski definition) is 2. The Kier molecular flexibility index (Phi) is 5.23. The Balaban J connectivity index is 2.41. The molecule has 1 atom stereocenters. The van der Waals surface area contributed by atoms with E-state index in [0.29, 0.717) is 25.2 Å². The van der Waals surface area contributed by atoms with E-state index in [-0.39, 0.29) is 16.6 Å². The van der Waals surface area contributed by atoms with Gasteiger partial charge in [0.05, 0.1) is 15.9 Å². The molecule has 8 nitrogen and oxygen atoms in total. The van der Waals surface area contributed by atoms with E-state index in [9.17, 15) is 23.6 Å². The standard InChI is InChI=1S/C14H21N3O5S/c1-10(2)15-23(21,22)12-5-6-13(14(8-12)17(19)20)16-7-3-4-11(18)9-16/h5-6,8,10-11,15,18H,3-4,7,9H2,1-2H3/t11-/m0/s1. The number of aliphatic hydroxyl groups is 1. The molecule has 0 amide bonds. The summed E-state index contributed by atoms with van der Waals surface area (Å²) in [7, 11) is -3.80. The Bertz CT molecular complexity index is 690. The molecule has 1 aliphatic heterocycles. The number of benzene rings is 1. The summed E-state index contributed by atoms with van der Waals surface area (Å²) in [5, 5.41) is 21.1. The summed E-state index contributed by atoms with van der Waals surface area (Å²) in [6, 6.07) is 3.55. The van der Waals surface area contributed by atoms with Crippen LogP contribution in [0, 0.1) is 10.1 Å². The number of hydrogen-bond acceptors (Lipinski definition) is 6. The molecule has 0 aliphatic carbocycles. The van der Waals surface area contributed by atoms with E-state index >= 15 is 0 Å². The minimum atomic E-state index is -3.80. The van der Waals surface area contributed by atoms with Gasteiger partial charge in [-0.2, -0.15) is 0 Å². The molecule has 0 spiro atoms. The van der Waals surface area contributed by atoms with Crippen LogP contribution in [0.25, 0.3) is 0 Å². The Hall–Kier alpha value is -1.71. The monoisotopic (exact) mass is 343 g/mol. The maximum atomic E-state index is 12.2. The number of rotatable bonds is 5. The van der Waals surface area contributed by atoms with Crippen molar-refractivity contribution in [3.63, 3.8) is 0 Å². The largest absolute Gasteiger partial charge is 0.391 e. The molecule has 128 valence electrons. The molecular weight excluding hydrogens is 322 g/mol. The maximum Gasteiger partial charge on any atom is 0.293 e. The molecule has 9 heteroatoms. The number of nitro benzene ring substituents is 1. The van der Waals surface area contributed by atoms with E-state index in [1.165, 1.54) is 12.1 Å². The van der Waals surface area contributed by atoms with E-state index in [0.717, 1.165) is 12.5 Å². The van der Waals surface area contributed by atoms with Gasteiger partial charge in [-0.1, -0.05) is 0 Å². The van der Waals surface area contributed by atoms with Gasteiger partial charge in [0.15, 0.2) is 0 Å². The second-order valence-corrected chi connectivity index (χ2v) is 7.64. The summed E-state index contributed by atoms with van der Waals surface area (Å²) in [5.41, 5.74) is 0.0583. The van der Waals surface area contributed by atoms with Crippen LogP contribution < -0.4 is 9.62 Å². The fourth-order valence-corrected chi connectivity index (χ4v) is 3.91. The van der Waals surface area contributed by atoms with Gasteiger partial charge in [-0.15, -0.1) is 0 Å². The molecule has 1 heterocycles. The van der Waals surface area contributed by atoms with Gasteiger partial charge in [-0.05, 0) is 38.8 Å². The summed E-state index contributed by atoms with van der Waals surface area (Å²) in [6.07, 6.45) is 0.858. The molecule has 0 unspecified atom stereocenters. The highest BCUT2D eigenvalue weighted by atomic mass is 32.2. The first-order chi connectivity index (χ1) is 10.7. The molecule has 1 aromatic carbocycles. The molecule has 1 aliphatic rings. The topological polar surface area (TPSA) is 113 Å². The summed E-state index contributed by atoms with van der Waals surface area (Å²) in [6.45, 7) is 4.25. The number of aliphatic hydroxyl groups excluding tert-OH is 1. The number of sulfonamides is 1. The quantitative estimate of drug-likeness (QED) is 0.614. The molecule has 0 radical (unpaired) electrons. The first-order valence-electron chi connectivity index (χ1n) is 7.44. The second-order valence-electron chi connectivity index (χ2n) is 5.93. The van der Waals surface area contributed by atoms with Crippen molar-refractivity contribution in [3.05, 3.63) is 28.3 Å². The molecule has 0 aromatic heterocycles. The van der Waals surface area contributed by atoms with E-state index < -0.39 is 21.1 Å². The lowest BCUT2D eigenvalue weighted by Gasteiger charge is -2.31. The zero-order valence-corrected chi connectivity index (χ0v) is 13.9. The summed E-state index contributed by atoms with van der Waals surface area (Å²) in [5.74, 6) is 0. The lowest BCUT2D eigenvalue weighted by atomic mass is 10.1. The molecule has 1 fully saturated rings. The third-order valence-electron chi connectivity index (χ3n) is 3.58. The normalized spacial score (nSPS) is 19.1. The van der Waals surface area contributed by atoms with Gasteiger partial charge >= 0.3 is 0 Å². The van der Waals surface area contributed by atoms with Crippen molar-refractivity contribution < 1.29 is 18.4 Å². The number of nitro groups is 1. The van der Waals surface area contributed by atoms with Gasteiger partial charge in [-0.25, -0.2) is 13.1 Å². The van der Waals surface area contributed by atoms with E-state index in [1.54, 1.807) is 18.7 Å². The number of β-amino-alcohol motifs (C(OH)–C–C–N with tert-alkyl or cyclic N) is 1. The lowest BCUT2D eigenvalue weighted by Crippen LogP contribution is -2.38. The highest BCUT2D eigenvalue weighted by Gasteiger charge is 2.27. The van der Waals surface area contributed by atoms with Crippen LogP contribution in [0.5, 0.6) is 0 Å². The van der Waals surface area contributed by atoms with Crippen LogP contribution >= 0.6 is 0 Å². The third-order valence-corrected chi connectivity index (χ3v) is 5.24. The van der Waals surface area contributed by atoms with Gasteiger partial charge in [0.25, 0.3) is 5.69 Å². The van der Waals surface area contributed by atoms with Gasteiger partial charge < -0.3 is 10.0 Å². The predicted molar refractivity (Wildman–Crippen MR) is 86.0 cm³/mol. The highest BCUT2D eigenvalue weighted by molar-refractivity contribution is 7.89. The van der Waals surface area contributed by atoms with Gasteiger partial charge in [0.1, 0.15) is 5.69 Å². The number of anilines is 1. The van der Waals surface area contributed by atoms with Crippen LogP contribution in [0.4, 0.5) is 11.4 Å². The average molecular weight is 343 g/mol. The first-order valence-corrected chi connectivity index (χ1v) is 8.93. The minimum absolute atomic E-state index is 0.140. The van der Waals surface area contributed by atoms with Crippen molar-refractivity contribution in [1.29, 1.82) is 0 Å². The predicted octanol–water partition coefficient (Wildman–Crippen LogP) is 1.24. The molecule has 2 N–H and O–H groups in total. The van der Waals surface area contributed by atoms with Crippen molar-refractivity contribution >= 4 is 21.4 Å². The Morgan fingerprint density at radius 3 is 2.70 bits per heavy atom. The molecule has 23 heavy (non-hydrogen) atoms. The Labute approximate surface area is 135 Å². The van der Waals surface area contributed by atoms with Gasteiger partial charge in [0, 0.05) is 25.2 Å². The van der Waals surface area contributed by atoms with Gasteiger partial charge in [-0.3, -0.25) is 10.1 Å². The first kappa shape index (κ1) is 17.6. The van der Waals surface area contributed by atoms with Crippen LogP contribution in [0.2, 0.25) is 0 Å². The second kappa shape index (κ2) is 6.81. The van der Waals surface area contributed by atoms with Gasteiger partial charge in [0.2, 0.25) is 10.0 Å². The van der Waals surface area contributed by atoms with Crippen LogP contribution in [0.15, 0.2) is 23.1 Å². The van der Waals surface area contributed by atoms with E-state index in [4.69, 9.17) is 0 Å². The summed E-state index contributed by atoms with van der Waals surface area (Å²) >= 11 is 0. The average Bonchev–Trinajstić information content (AvgIpc) is 2.45. The van der Waals surface area contributed by atoms with Crippen LogP contribution in [-0.4, -0.2) is 43.7 Å². The van der Waals surface area contributed by atoms with Crippen LogP contribution in [0.1, 0.15) is 26.7 Å². The zero-order valence-electron chi connectivity index (χ0n) is 13.1. The van der Waals surface area contributed by atoms with Crippen LogP contribution in [0.3, 0.4) is 0 Å². The lowest BCUT2D eigenvalue weighted by molar-refractivity contribution is -0.384. The fraction of sp³-hybridized carbons (Fsp3) is 0.571. The molecule has 2 rings (SSSR count). The number of piperidine rings is 1. The maximum absolute atomic E-state index is 12.2. The summed E-state index contributed by atoms with van der Waals surface area (Å²) < 4.78 is 26.7. The smallest absolute Gasteiger partial charge is 0.293 e. The SMILES string of the molecule is CC(C)NS(=O)(=O)c1ccc(N2CCC[C@H](O)C2)c([N+](=O)[O-])c1. The Morgan fingerprint density at radius 2 is 2.13 bits per heavy atom. The molecule has 0 bridgehead atoms. The van der Waals surface area contributed by atoms with Crippen molar-refractivity contribution in [3.8, 4) is 0 Å². The fourth-order valence-electron chi connectivity index (χ4n) is 2.64. The zero-order chi connectivity index (χ0) is 17.2. The van der Waals surface area contributed by atoms with Crippen molar-refractivity contribution in [2.24, 2.45) is 0 Å². The van der Waals surface area contributed by atoms with E-state index in [1.807, 2.05) is 0 Å². The number of nitrogens with one attached hydrogen (secondary N) is 1. The summed E-state index contributed by atoms with van der Waals surface area (Å²) in [4.78, 5) is 12.3. The molecule has 0 saturated carbocycles. The van der Waals surface area contributed by atoms with Crippen molar-refractivity contribution in [2.75, 3.05) is 18.0 Å². The molecule has 1 aromatic rings. The van der Waals surface area contributed by atoms with Crippen LogP contribution in [-0.2, 0) is 10.0 Å². The third kappa shape index (κ3) is 4.18. The molecular formula is C14H21N3O5S.